The number of benzene rings is 2. The molecule has 1 heterocycles. The second-order valence-corrected chi connectivity index (χ2v) is 6.54. The van der Waals surface area contributed by atoms with E-state index in [4.69, 9.17) is 14.2 Å². The van der Waals surface area contributed by atoms with Crippen LogP contribution in [0.2, 0.25) is 0 Å². The molecule has 29 heavy (non-hydrogen) atoms. The van der Waals surface area contributed by atoms with Gasteiger partial charge in [-0.3, -0.25) is 9.59 Å². The summed E-state index contributed by atoms with van der Waals surface area (Å²) in [5.41, 5.74) is 0.624. The highest BCUT2D eigenvalue weighted by atomic mass is 16.5. The van der Waals surface area contributed by atoms with E-state index in [1.165, 1.54) is 4.90 Å². The zero-order valence-corrected chi connectivity index (χ0v) is 16.7. The lowest BCUT2D eigenvalue weighted by Gasteiger charge is -2.34. The van der Waals surface area contributed by atoms with Crippen molar-refractivity contribution in [1.29, 1.82) is 0 Å². The van der Waals surface area contributed by atoms with Crippen LogP contribution in [0.25, 0.3) is 0 Å². The number of amides is 2. The van der Waals surface area contributed by atoms with Crippen LogP contribution in [0.15, 0.2) is 48.5 Å². The topological polar surface area (TPSA) is 77.1 Å². The van der Waals surface area contributed by atoms with Crippen molar-refractivity contribution in [1.82, 2.24) is 5.32 Å². The van der Waals surface area contributed by atoms with Crippen molar-refractivity contribution in [3.63, 3.8) is 0 Å². The Morgan fingerprint density at radius 3 is 2.48 bits per heavy atom. The third-order valence-electron chi connectivity index (χ3n) is 4.42. The molecule has 7 nitrogen and oxygen atoms in total. The van der Waals surface area contributed by atoms with Gasteiger partial charge in [-0.25, -0.2) is 0 Å². The molecule has 1 aliphatic heterocycles. The highest BCUT2D eigenvalue weighted by Gasteiger charge is 2.33. The molecule has 0 radical (unpaired) electrons. The summed E-state index contributed by atoms with van der Waals surface area (Å²) < 4.78 is 17.1. The van der Waals surface area contributed by atoms with Crippen LogP contribution in [0.1, 0.15) is 20.3 Å². The van der Waals surface area contributed by atoms with Crippen molar-refractivity contribution in [2.45, 2.75) is 26.4 Å². The van der Waals surface area contributed by atoms with Crippen molar-refractivity contribution >= 4 is 17.5 Å². The van der Waals surface area contributed by atoms with Crippen molar-refractivity contribution in [3.05, 3.63) is 48.5 Å². The SMILES string of the molecule is CCCNC(=O)[C@@H]1CN(C(=O)COc2ccccc2OCC)c2ccccc2O1. The van der Waals surface area contributed by atoms with Gasteiger partial charge in [-0.15, -0.1) is 0 Å². The fourth-order valence-corrected chi connectivity index (χ4v) is 3.03. The molecule has 1 aliphatic rings. The van der Waals surface area contributed by atoms with Gasteiger partial charge in [-0.2, -0.15) is 0 Å². The molecule has 0 unspecified atom stereocenters. The lowest BCUT2D eigenvalue weighted by Crippen LogP contribution is -2.51. The van der Waals surface area contributed by atoms with Crippen LogP contribution in [0, 0.1) is 0 Å². The Balaban J connectivity index is 1.74. The zero-order chi connectivity index (χ0) is 20.6. The van der Waals surface area contributed by atoms with Gasteiger partial charge in [-0.05, 0) is 37.6 Å². The molecule has 0 aromatic heterocycles. The first-order valence-corrected chi connectivity index (χ1v) is 9.82. The zero-order valence-electron chi connectivity index (χ0n) is 16.7. The van der Waals surface area contributed by atoms with E-state index in [-0.39, 0.29) is 25.0 Å². The van der Waals surface area contributed by atoms with Gasteiger partial charge in [0, 0.05) is 6.54 Å². The Labute approximate surface area is 170 Å². The highest BCUT2D eigenvalue weighted by Crippen LogP contribution is 2.33. The summed E-state index contributed by atoms with van der Waals surface area (Å²) in [5.74, 6) is 1.09. The van der Waals surface area contributed by atoms with Crippen LogP contribution in [-0.2, 0) is 9.59 Å². The second kappa shape index (κ2) is 9.82. The molecule has 0 spiro atoms. The van der Waals surface area contributed by atoms with Crippen LogP contribution >= 0.6 is 0 Å². The quantitative estimate of drug-likeness (QED) is 0.740. The summed E-state index contributed by atoms with van der Waals surface area (Å²) in [7, 11) is 0. The lowest BCUT2D eigenvalue weighted by molar-refractivity contribution is -0.128. The molecule has 0 saturated carbocycles. The maximum Gasteiger partial charge on any atom is 0.265 e. The van der Waals surface area contributed by atoms with Crippen molar-refractivity contribution in [3.8, 4) is 17.2 Å². The van der Waals surface area contributed by atoms with Crippen molar-refractivity contribution in [2.75, 3.05) is 31.2 Å². The molecule has 0 bridgehead atoms. The Kier molecular flexibility index (Phi) is 6.94. The maximum atomic E-state index is 13.0. The van der Waals surface area contributed by atoms with Gasteiger partial charge in [0.25, 0.3) is 11.8 Å². The molecule has 1 atom stereocenters. The molecule has 2 amide bonds. The Hall–Kier alpha value is -3.22. The Morgan fingerprint density at radius 1 is 1.07 bits per heavy atom. The molecule has 2 aromatic rings. The minimum Gasteiger partial charge on any atom is -0.490 e. The lowest BCUT2D eigenvalue weighted by atomic mass is 10.1. The van der Waals surface area contributed by atoms with E-state index in [9.17, 15) is 9.59 Å². The van der Waals surface area contributed by atoms with Crippen molar-refractivity contribution < 1.29 is 23.8 Å². The van der Waals surface area contributed by atoms with Gasteiger partial charge in [0.05, 0.1) is 18.8 Å². The molecule has 3 rings (SSSR count). The number of hydrogen-bond donors (Lipinski definition) is 1. The first-order valence-electron chi connectivity index (χ1n) is 9.82. The summed E-state index contributed by atoms with van der Waals surface area (Å²) in [6.45, 7) is 4.87. The first-order chi connectivity index (χ1) is 14.1. The predicted octanol–water partition coefficient (Wildman–Crippen LogP) is 2.78. The Morgan fingerprint density at radius 2 is 1.76 bits per heavy atom. The van der Waals surface area contributed by atoms with Gasteiger partial charge >= 0.3 is 0 Å². The van der Waals surface area contributed by atoms with Gasteiger partial charge in [-0.1, -0.05) is 31.2 Å². The fraction of sp³-hybridized carbons (Fsp3) is 0.364. The van der Waals surface area contributed by atoms with Gasteiger partial charge in [0.15, 0.2) is 24.2 Å². The van der Waals surface area contributed by atoms with Crippen LogP contribution < -0.4 is 24.4 Å². The predicted molar refractivity (Wildman–Crippen MR) is 110 cm³/mol. The number of ether oxygens (including phenoxy) is 3. The molecule has 154 valence electrons. The number of carbonyl (C=O) groups is 2. The maximum absolute atomic E-state index is 13.0. The molecule has 0 fully saturated rings. The number of hydrogen-bond acceptors (Lipinski definition) is 5. The van der Waals surface area contributed by atoms with Gasteiger partial charge < -0.3 is 24.4 Å². The van der Waals surface area contributed by atoms with E-state index in [0.29, 0.717) is 36.1 Å². The molecule has 7 heteroatoms. The highest BCUT2D eigenvalue weighted by molar-refractivity contribution is 5.98. The third kappa shape index (κ3) is 4.99. The Bertz CT molecular complexity index is 855. The fourth-order valence-electron chi connectivity index (χ4n) is 3.03. The smallest absolute Gasteiger partial charge is 0.265 e. The third-order valence-corrected chi connectivity index (χ3v) is 4.42. The average molecular weight is 398 g/mol. The van der Waals surface area contributed by atoms with E-state index < -0.39 is 6.10 Å². The van der Waals surface area contributed by atoms with Gasteiger partial charge in [0.2, 0.25) is 0 Å². The van der Waals surface area contributed by atoms with E-state index in [1.807, 2.05) is 38.1 Å². The minimum absolute atomic E-state index is 0.127. The van der Waals surface area contributed by atoms with Crippen molar-refractivity contribution in [2.24, 2.45) is 0 Å². The summed E-state index contributed by atoms with van der Waals surface area (Å²) in [5, 5.41) is 2.82. The first kappa shape index (κ1) is 20.5. The number of anilines is 1. The molecule has 2 aromatic carbocycles. The number of fused-ring (bicyclic) bond motifs is 1. The van der Waals surface area contributed by atoms with Gasteiger partial charge in [0.1, 0.15) is 5.75 Å². The van der Waals surface area contributed by atoms with E-state index in [1.54, 1.807) is 24.3 Å². The summed E-state index contributed by atoms with van der Waals surface area (Å²) in [6, 6.07) is 14.4. The minimum atomic E-state index is -0.767. The number of rotatable bonds is 8. The monoisotopic (exact) mass is 398 g/mol. The number of nitrogens with one attached hydrogen (secondary N) is 1. The summed E-state index contributed by atoms with van der Waals surface area (Å²) >= 11 is 0. The molecule has 0 aliphatic carbocycles. The summed E-state index contributed by atoms with van der Waals surface area (Å²) in [6.07, 6.45) is 0.0567. The van der Waals surface area contributed by atoms with Crippen LogP contribution in [0.3, 0.4) is 0 Å². The van der Waals surface area contributed by atoms with Crippen LogP contribution in [0.5, 0.6) is 17.2 Å². The molecular formula is C22H26N2O5. The summed E-state index contributed by atoms with van der Waals surface area (Å²) in [4.78, 5) is 26.9. The normalized spacial score (nSPS) is 15.1. The molecule has 0 saturated heterocycles. The number of carbonyl (C=O) groups excluding carboxylic acids is 2. The second-order valence-electron chi connectivity index (χ2n) is 6.54. The standard InChI is InChI=1S/C22H26N2O5/c1-3-13-23-22(26)20-14-24(16-9-5-6-10-17(16)29-20)21(25)15-28-19-12-8-7-11-18(19)27-4-2/h5-12,20H,3-4,13-15H2,1-2H3,(H,23,26)/t20-/m0/s1. The number of para-hydroxylation sites is 4. The van der Waals surface area contributed by atoms with Crippen LogP contribution in [-0.4, -0.2) is 44.2 Å². The number of nitrogens with zero attached hydrogens (tertiary/aromatic N) is 1. The van der Waals surface area contributed by atoms with E-state index >= 15 is 0 Å². The largest absolute Gasteiger partial charge is 0.490 e. The van der Waals surface area contributed by atoms with E-state index in [0.717, 1.165) is 6.42 Å². The average Bonchev–Trinajstić information content (AvgIpc) is 2.76. The molecular weight excluding hydrogens is 372 g/mol. The van der Waals surface area contributed by atoms with Crippen LogP contribution in [0.4, 0.5) is 5.69 Å². The molecule has 1 N–H and O–H groups in total. The van der Waals surface area contributed by atoms with E-state index in [2.05, 4.69) is 5.32 Å².